The first kappa shape index (κ1) is 18.8. The Kier molecular flexibility index (Phi) is 6.01. The van der Waals surface area contributed by atoms with Gasteiger partial charge in [-0.1, -0.05) is 29.8 Å². The van der Waals surface area contributed by atoms with E-state index in [0.29, 0.717) is 16.3 Å². The molecule has 6 nitrogen and oxygen atoms in total. The third kappa shape index (κ3) is 4.81. The van der Waals surface area contributed by atoms with E-state index in [1.165, 1.54) is 6.20 Å². The highest BCUT2D eigenvalue weighted by Gasteiger charge is 2.11. The summed E-state index contributed by atoms with van der Waals surface area (Å²) in [6, 6.07) is 12.3. The number of nitrogens with zero attached hydrogens (tertiary/aromatic N) is 1. The molecule has 0 aliphatic carbocycles. The van der Waals surface area contributed by atoms with Gasteiger partial charge in [-0.2, -0.15) is 0 Å². The maximum Gasteiger partial charge on any atom is 0.257 e. The molecule has 0 fully saturated rings. The molecule has 0 saturated heterocycles. The summed E-state index contributed by atoms with van der Waals surface area (Å²) in [5.74, 6) is -0.440. The van der Waals surface area contributed by atoms with E-state index in [0.717, 1.165) is 16.3 Å². The number of aliphatic hydroxyl groups is 1. The molecule has 2 amide bonds. The molecule has 0 aliphatic rings. The molecule has 0 spiro atoms. The number of fused-ring (bicyclic) bond motifs is 1. The second-order valence-corrected chi connectivity index (χ2v) is 6.39. The number of amides is 2. The lowest BCUT2D eigenvalue weighted by atomic mass is 10.1. The van der Waals surface area contributed by atoms with Crippen molar-refractivity contribution in [1.82, 2.24) is 10.3 Å². The second kappa shape index (κ2) is 8.62. The molecule has 0 bridgehead atoms. The fourth-order valence-electron chi connectivity index (χ4n) is 2.68. The number of carbonyl (C=O) groups is 2. The molecule has 7 heteroatoms. The van der Waals surface area contributed by atoms with Crippen LogP contribution < -0.4 is 10.6 Å². The zero-order valence-corrected chi connectivity index (χ0v) is 15.2. The number of nitrogens with one attached hydrogen (secondary N) is 2. The number of rotatable bonds is 6. The van der Waals surface area contributed by atoms with Gasteiger partial charge in [-0.15, -0.1) is 0 Å². The second-order valence-electron chi connectivity index (χ2n) is 5.95. The zero-order valence-electron chi connectivity index (χ0n) is 14.4. The topological polar surface area (TPSA) is 91.3 Å². The van der Waals surface area contributed by atoms with Crippen LogP contribution in [0, 0.1) is 0 Å². The Morgan fingerprint density at radius 3 is 2.59 bits per heavy atom. The summed E-state index contributed by atoms with van der Waals surface area (Å²) < 4.78 is 0. The molecule has 3 N–H and O–H groups in total. The van der Waals surface area contributed by atoms with Crippen molar-refractivity contribution in [2.75, 3.05) is 18.5 Å². The molecule has 0 saturated carbocycles. The molecule has 2 aromatic carbocycles. The van der Waals surface area contributed by atoms with Crippen molar-refractivity contribution in [3.05, 3.63) is 71.0 Å². The normalized spacial score (nSPS) is 10.6. The zero-order chi connectivity index (χ0) is 19.2. The molecular weight excluding hydrogens is 366 g/mol. The third-order valence-electron chi connectivity index (χ3n) is 3.98. The number of hydrogen-bond donors (Lipinski definition) is 3. The number of carbonyl (C=O) groups excluding carboxylic acids is 2. The van der Waals surface area contributed by atoms with Crippen molar-refractivity contribution in [2.45, 2.75) is 6.42 Å². The number of aromatic nitrogens is 1. The molecule has 0 aliphatic heterocycles. The lowest BCUT2D eigenvalue weighted by Gasteiger charge is -2.09. The maximum absolute atomic E-state index is 12.6. The largest absolute Gasteiger partial charge is 0.395 e. The summed E-state index contributed by atoms with van der Waals surface area (Å²) in [6.07, 6.45) is 3.39. The Morgan fingerprint density at radius 1 is 1.07 bits per heavy atom. The van der Waals surface area contributed by atoms with Crippen LogP contribution in [0.4, 0.5) is 5.69 Å². The van der Waals surface area contributed by atoms with Gasteiger partial charge >= 0.3 is 0 Å². The number of benzene rings is 2. The van der Waals surface area contributed by atoms with Gasteiger partial charge in [0, 0.05) is 35.0 Å². The van der Waals surface area contributed by atoms with E-state index in [2.05, 4.69) is 15.6 Å². The monoisotopic (exact) mass is 383 g/mol. The average Bonchev–Trinajstić information content (AvgIpc) is 2.67. The van der Waals surface area contributed by atoms with Crippen LogP contribution in [-0.2, 0) is 11.2 Å². The number of hydrogen-bond acceptors (Lipinski definition) is 4. The average molecular weight is 384 g/mol. The Balaban J connectivity index is 1.70. The van der Waals surface area contributed by atoms with Crippen LogP contribution >= 0.6 is 11.6 Å². The molecule has 0 unspecified atom stereocenters. The lowest BCUT2D eigenvalue weighted by Crippen LogP contribution is -2.27. The predicted molar refractivity (Wildman–Crippen MR) is 105 cm³/mol. The summed E-state index contributed by atoms with van der Waals surface area (Å²) >= 11 is 5.99. The Morgan fingerprint density at radius 2 is 1.85 bits per heavy atom. The highest BCUT2D eigenvalue weighted by atomic mass is 35.5. The highest BCUT2D eigenvalue weighted by Crippen LogP contribution is 2.22. The van der Waals surface area contributed by atoms with Crippen molar-refractivity contribution in [3.8, 4) is 0 Å². The first-order valence-electron chi connectivity index (χ1n) is 8.38. The van der Waals surface area contributed by atoms with Crippen molar-refractivity contribution >= 4 is 39.9 Å². The summed E-state index contributed by atoms with van der Waals surface area (Å²) in [5.41, 5.74) is 1.88. The fraction of sp³-hybridized carbons (Fsp3) is 0.150. The van der Waals surface area contributed by atoms with Crippen molar-refractivity contribution in [2.24, 2.45) is 0 Å². The number of pyridine rings is 1. The predicted octanol–water partition coefficient (Wildman–Crippen LogP) is 2.79. The number of anilines is 1. The van der Waals surface area contributed by atoms with Gasteiger partial charge in [0.05, 0.1) is 18.6 Å². The molecule has 27 heavy (non-hydrogen) atoms. The standard InChI is InChI=1S/C20H18ClN3O3/c21-15-3-6-17-14(10-15)11-22-12-18(17)20(27)24-16-4-1-13(2-5-16)9-19(26)23-7-8-25/h1-6,10-12,25H,7-9H2,(H,23,26)(H,24,27). The van der Waals surface area contributed by atoms with E-state index in [9.17, 15) is 9.59 Å². The number of aliphatic hydroxyl groups excluding tert-OH is 1. The quantitative estimate of drug-likeness (QED) is 0.610. The van der Waals surface area contributed by atoms with Crippen LogP contribution in [0.25, 0.3) is 10.8 Å². The van der Waals surface area contributed by atoms with Crippen LogP contribution in [0.15, 0.2) is 54.9 Å². The van der Waals surface area contributed by atoms with Gasteiger partial charge in [-0.3, -0.25) is 14.6 Å². The van der Waals surface area contributed by atoms with Gasteiger partial charge in [0.1, 0.15) is 0 Å². The van der Waals surface area contributed by atoms with Gasteiger partial charge in [0.15, 0.2) is 0 Å². The van der Waals surface area contributed by atoms with Crippen LogP contribution in [0.1, 0.15) is 15.9 Å². The van der Waals surface area contributed by atoms with Gasteiger partial charge in [0.25, 0.3) is 5.91 Å². The van der Waals surface area contributed by atoms with Crippen LogP contribution in [-0.4, -0.2) is 35.1 Å². The first-order valence-corrected chi connectivity index (χ1v) is 8.76. The molecule has 3 rings (SSSR count). The van der Waals surface area contributed by atoms with Gasteiger partial charge in [-0.05, 0) is 35.2 Å². The van der Waals surface area contributed by atoms with E-state index in [-0.39, 0.29) is 31.4 Å². The first-order chi connectivity index (χ1) is 13.1. The van der Waals surface area contributed by atoms with E-state index < -0.39 is 0 Å². The minimum absolute atomic E-state index is 0.0913. The van der Waals surface area contributed by atoms with Crippen molar-refractivity contribution < 1.29 is 14.7 Å². The Hall–Kier alpha value is -2.96. The van der Waals surface area contributed by atoms with Crippen molar-refractivity contribution in [1.29, 1.82) is 0 Å². The maximum atomic E-state index is 12.6. The molecule has 1 heterocycles. The molecular formula is C20H18ClN3O3. The summed E-state index contributed by atoms with van der Waals surface area (Å²) in [7, 11) is 0. The minimum atomic E-state index is -0.274. The van der Waals surface area contributed by atoms with Gasteiger partial charge < -0.3 is 15.7 Å². The Labute approximate surface area is 161 Å². The smallest absolute Gasteiger partial charge is 0.257 e. The van der Waals surface area contributed by atoms with Crippen molar-refractivity contribution in [3.63, 3.8) is 0 Å². The van der Waals surface area contributed by atoms with Gasteiger partial charge in [0.2, 0.25) is 5.91 Å². The van der Waals surface area contributed by atoms with E-state index >= 15 is 0 Å². The minimum Gasteiger partial charge on any atom is -0.395 e. The molecule has 138 valence electrons. The molecule has 3 aromatic rings. The fourth-order valence-corrected chi connectivity index (χ4v) is 2.86. The van der Waals surface area contributed by atoms with E-state index in [1.807, 2.05) is 0 Å². The van der Waals surface area contributed by atoms with Gasteiger partial charge in [-0.25, -0.2) is 0 Å². The highest BCUT2D eigenvalue weighted by molar-refractivity contribution is 6.31. The van der Waals surface area contributed by atoms with E-state index in [1.54, 1.807) is 48.7 Å². The Bertz CT molecular complexity index is 974. The SMILES string of the molecule is O=C(Cc1ccc(NC(=O)c2cncc3cc(Cl)ccc23)cc1)NCCO. The number of halogens is 1. The summed E-state index contributed by atoms with van der Waals surface area (Å²) in [5, 5.41) is 16.3. The molecule has 0 atom stereocenters. The molecule has 0 radical (unpaired) electrons. The van der Waals surface area contributed by atoms with Crippen LogP contribution in [0.5, 0.6) is 0 Å². The van der Waals surface area contributed by atoms with Crippen LogP contribution in [0.3, 0.4) is 0 Å². The molecule has 1 aromatic heterocycles. The third-order valence-corrected chi connectivity index (χ3v) is 4.21. The summed E-state index contributed by atoms with van der Waals surface area (Å²) in [4.78, 5) is 28.4. The van der Waals surface area contributed by atoms with Crippen LogP contribution in [0.2, 0.25) is 5.02 Å². The summed E-state index contributed by atoms with van der Waals surface area (Å²) in [6.45, 7) is 0.142. The lowest BCUT2D eigenvalue weighted by molar-refractivity contribution is -0.120. The van der Waals surface area contributed by atoms with E-state index in [4.69, 9.17) is 16.7 Å².